The van der Waals surface area contributed by atoms with E-state index in [1.54, 1.807) is 18.3 Å². The van der Waals surface area contributed by atoms with E-state index in [0.717, 1.165) is 12.1 Å². The van der Waals surface area contributed by atoms with Gasteiger partial charge in [0.05, 0.1) is 12.4 Å². The number of aromatic nitrogens is 2. The van der Waals surface area contributed by atoms with Gasteiger partial charge >= 0.3 is 0 Å². The van der Waals surface area contributed by atoms with Gasteiger partial charge in [0.25, 0.3) is 5.91 Å². The van der Waals surface area contributed by atoms with Crippen LogP contribution in [0.5, 0.6) is 5.75 Å². The van der Waals surface area contributed by atoms with Gasteiger partial charge in [0, 0.05) is 13.1 Å². The number of hydrogen-bond acceptors (Lipinski definition) is 5. The first-order chi connectivity index (χ1) is 10.2. The summed E-state index contributed by atoms with van der Waals surface area (Å²) in [5.41, 5.74) is 1.34. The standard InChI is InChI=1S/C15H18N4O2/c1-2-16-14-10-18-13(9-19-14)15(21)17-8-7-11-3-5-12(20)6-4-11/h3-6,9-10,20H,2,7-8H2,1H3,(H,16,19)(H,17,21). The molecule has 0 unspecified atom stereocenters. The lowest BCUT2D eigenvalue weighted by atomic mass is 10.1. The number of hydrogen-bond donors (Lipinski definition) is 3. The number of benzene rings is 1. The zero-order valence-corrected chi connectivity index (χ0v) is 11.8. The third-order valence-electron chi connectivity index (χ3n) is 2.88. The molecule has 2 aromatic rings. The Morgan fingerprint density at radius 1 is 1.19 bits per heavy atom. The molecule has 0 saturated carbocycles. The molecule has 3 N–H and O–H groups in total. The monoisotopic (exact) mass is 286 g/mol. The Kier molecular flexibility index (Phi) is 5.09. The number of carbonyl (C=O) groups is 1. The van der Waals surface area contributed by atoms with Gasteiger partial charge in [-0.2, -0.15) is 0 Å². The summed E-state index contributed by atoms with van der Waals surface area (Å²) in [6.07, 6.45) is 3.68. The Morgan fingerprint density at radius 2 is 1.95 bits per heavy atom. The van der Waals surface area contributed by atoms with E-state index in [9.17, 15) is 9.90 Å². The maximum Gasteiger partial charge on any atom is 0.271 e. The van der Waals surface area contributed by atoms with Gasteiger partial charge in [-0.25, -0.2) is 9.97 Å². The number of aromatic hydroxyl groups is 1. The molecule has 0 aliphatic heterocycles. The second-order valence-corrected chi connectivity index (χ2v) is 4.49. The number of carbonyl (C=O) groups excluding carboxylic acids is 1. The van der Waals surface area contributed by atoms with Crippen LogP contribution in [0.4, 0.5) is 5.82 Å². The Hall–Kier alpha value is -2.63. The molecular weight excluding hydrogens is 268 g/mol. The lowest BCUT2D eigenvalue weighted by Gasteiger charge is -2.06. The van der Waals surface area contributed by atoms with Crippen LogP contribution in [-0.4, -0.2) is 34.1 Å². The van der Waals surface area contributed by atoms with Crippen molar-refractivity contribution in [1.82, 2.24) is 15.3 Å². The number of phenolic OH excluding ortho intramolecular Hbond substituents is 1. The number of phenols is 1. The van der Waals surface area contributed by atoms with Crippen molar-refractivity contribution < 1.29 is 9.90 Å². The minimum atomic E-state index is -0.246. The van der Waals surface area contributed by atoms with Crippen LogP contribution in [0.2, 0.25) is 0 Å². The molecule has 1 aromatic heterocycles. The summed E-state index contributed by atoms with van der Waals surface area (Å²) in [5.74, 6) is 0.640. The number of amides is 1. The Morgan fingerprint density at radius 3 is 2.57 bits per heavy atom. The molecule has 2 rings (SSSR count). The van der Waals surface area contributed by atoms with Crippen molar-refractivity contribution in [2.45, 2.75) is 13.3 Å². The van der Waals surface area contributed by atoms with Crippen molar-refractivity contribution in [3.05, 3.63) is 47.9 Å². The van der Waals surface area contributed by atoms with Crippen LogP contribution >= 0.6 is 0 Å². The average molecular weight is 286 g/mol. The summed E-state index contributed by atoms with van der Waals surface area (Å²) in [5, 5.41) is 15.0. The third kappa shape index (κ3) is 4.45. The quantitative estimate of drug-likeness (QED) is 0.750. The molecule has 0 atom stereocenters. The van der Waals surface area contributed by atoms with Crippen LogP contribution in [0, 0.1) is 0 Å². The zero-order valence-electron chi connectivity index (χ0n) is 11.8. The normalized spacial score (nSPS) is 10.1. The van der Waals surface area contributed by atoms with E-state index in [0.29, 0.717) is 24.5 Å². The zero-order chi connectivity index (χ0) is 15.1. The maximum absolute atomic E-state index is 11.9. The van der Waals surface area contributed by atoms with Crippen LogP contribution in [-0.2, 0) is 6.42 Å². The van der Waals surface area contributed by atoms with Gasteiger partial charge in [0.1, 0.15) is 17.3 Å². The highest BCUT2D eigenvalue weighted by Crippen LogP contribution is 2.09. The topological polar surface area (TPSA) is 87.1 Å². The Bertz CT molecular complexity index is 582. The first kappa shape index (κ1) is 14.8. The third-order valence-corrected chi connectivity index (χ3v) is 2.88. The SMILES string of the molecule is CCNc1cnc(C(=O)NCCc2ccc(O)cc2)cn1. The van der Waals surface area contributed by atoms with Crippen LogP contribution in [0.15, 0.2) is 36.7 Å². The van der Waals surface area contributed by atoms with Crippen molar-refractivity contribution in [1.29, 1.82) is 0 Å². The highest BCUT2D eigenvalue weighted by molar-refractivity contribution is 5.91. The second-order valence-electron chi connectivity index (χ2n) is 4.49. The predicted molar refractivity (Wildman–Crippen MR) is 80.3 cm³/mol. The van der Waals surface area contributed by atoms with E-state index in [2.05, 4.69) is 20.6 Å². The van der Waals surface area contributed by atoms with Gasteiger partial charge in [-0.3, -0.25) is 4.79 Å². The van der Waals surface area contributed by atoms with Gasteiger partial charge in [-0.15, -0.1) is 0 Å². The molecule has 1 amide bonds. The second kappa shape index (κ2) is 7.23. The van der Waals surface area contributed by atoms with Crippen molar-refractivity contribution in [2.75, 3.05) is 18.4 Å². The lowest BCUT2D eigenvalue weighted by Crippen LogP contribution is -2.26. The molecule has 0 spiro atoms. The van der Waals surface area contributed by atoms with E-state index in [-0.39, 0.29) is 11.7 Å². The van der Waals surface area contributed by atoms with E-state index in [1.165, 1.54) is 6.20 Å². The van der Waals surface area contributed by atoms with Crippen molar-refractivity contribution in [3.63, 3.8) is 0 Å². The fraction of sp³-hybridized carbons (Fsp3) is 0.267. The minimum absolute atomic E-state index is 0.235. The summed E-state index contributed by atoms with van der Waals surface area (Å²) in [6, 6.07) is 6.91. The molecule has 1 aromatic carbocycles. The molecule has 0 bridgehead atoms. The van der Waals surface area contributed by atoms with Crippen molar-refractivity contribution in [2.24, 2.45) is 0 Å². The number of nitrogens with one attached hydrogen (secondary N) is 2. The fourth-order valence-corrected chi connectivity index (χ4v) is 1.79. The summed E-state index contributed by atoms with van der Waals surface area (Å²) < 4.78 is 0. The van der Waals surface area contributed by atoms with Gasteiger partial charge in [0.15, 0.2) is 0 Å². The van der Waals surface area contributed by atoms with Gasteiger partial charge in [0.2, 0.25) is 0 Å². The van der Waals surface area contributed by atoms with Crippen molar-refractivity contribution >= 4 is 11.7 Å². The molecule has 0 radical (unpaired) electrons. The maximum atomic E-state index is 11.9. The molecule has 110 valence electrons. The highest BCUT2D eigenvalue weighted by Gasteiger charge is 2.07. The van der Waals surface area contributed by atoms with E-state index < -0.39 is 0 Å². The average Bonchev–Trinajstić information content (AvgIpc) is 2.50. The van der Waals surface area contributed by atoms with Gasteiger partial charge in [-0.05, 0) is 31.0 Å². The molecule has 6 nitrogen and oxygen atoms in total. The summed E-state index contributed by atoms with van der Waals surface area (Å²) in [4.78, 5) is 20.1. The Labute approximate surface area is 123 Å². The molecule has 0 aliphatic carbocycles. The first-order valence-corrected chi connectivity index (χ1v) is 6.81. The molecular formula is C15H18N4O2. The summed E-state index contributed by atoms with van der Waals surface area (Å²) >= 11 is 0. The molecule has 0 fully saturated rings. The molecule has 1 heterocycles. The van der Waals surface area contributed by atoms with Crippen LogP contribution in [0.25, 0.3) is 0 Å². The Balaban J connectivity index is 1.82. The van der Waals surface area contributed by atoms with Crippen LogP contribution in [0.1, 0.15) is 23.0 Å². The first-order valence-electron chi connectivity index (χ1n) is 6.81. The largest absolute Gasteiger partial charge is 0.508 e. The minimum Gasteiger partial charge on any atom is -0.508 e. The summed E-state index contributed by atoms with van der Waals surface area (Å²) in [7, 11) is 0. The molecule has 0 saturated heterocycles. The van der Waals surface area contributed by atoms with E-state index in [1.807, 2.05) is 19.1 Å². The fourth-order valence-electron chi connectivity index (χ4n) is 1.79. The summed E-state index contributed by atoms with van der Waals surface area (Å²) in [6.45, 7) is 3.22. The number of anilines is 1. The van der Waals surface area contributed by atoms with Gasteiger partial charge in [-0.1, -0.05) is 12.1 Å². The number of nitrogens with zero attached hydrogens (tertiary/aromatic N) is 2. The molecule has 0 aliphatic rings. The lowest BCUT2D eigenvalue weighted by molar-refractivity contribution is 0.0949. The van der Waals surface area contributed by atoms with E-state index in [4.69, 9.17) is 0 Å². The van der Waals surface area contributed by atoms with E-state index >= 15 is 0 Å². The predicted octanol–water partition coefficient (Wildman–Crippen LogP) is 1.59. The smallest absolute Gasteiger partial charge is 0.271 e. The molecule has 6 heteroatoms. The van der Waals surface area contributed by atoms with Crippen LogP contribution < -0.4 is 10.6 Å². The van der Waals surface area contributed by atoms with Crippen molar-refractivity contribution in [3.8, 4) is 5.75 Å². The number of rotatable bonds is 6. The van der Waals surface area contributed by atoms with Gasteiger partial charge < -0.3 is 15.7 Å². The highest BCUT2D eigenvalue weighted by atomic mass is 16.3. The van der Waals surface area contributed by atoms with Crippen LogP contribution in [0.3, 0.4) is 0 Å². The molecule has 21 heavy (non-hydrogen) atoms.